The zero-order valence-electron chi connectivity index (χ0n) is 16.5. The standard InChI is InChI=1S/C22H21N3O4S/c1-14(2)29-18-10-8-15(9-11-18)20(26)25-22(30)24-17-6-3-5-16(13-17)23-21(27)19-7-4-12-28-19/h3-14H,1-2H3,(H,23,27)(H2,24,25,26,30). The summed E-state index contributed by atoms with van der Waals surface area (Å²) < 4.78 is 10.6. The van der Waals surface area contributed by atoms with Crippen LogP contribution < -0.4 is 20.7 Å². The van der Waals surface area contributed by atoms with Gasteiger partial charge >= 0.3 is 0 Å². The minimum absolute atomic E-state index is 0.0566. The summed E-state index contributed by atoms with van der Waals surface area (Å²) in [6.07, 6.45) is 1.49. The summed E-state index contributed by atoms with van der Waals surface area (Å²) in [4.78, 5) is 24.5. The van der Waals surface area contributed by atoms with E-state index in [2.05, 4.69) is 16.0 Å². The number of ether oxygens (including phenoxy) is 1. The van der Waals surface area contributed by atoms with Crippen LogP contribution in [0.2, 0.25) is 0 Å². The predicted molar refractivity (Wildman–Crippen MR) is 119 cm³/mol. The predicted octanol–water partition coefficient (Wildman–Crippen LogP) is 4.45. The van der Waals surface area contributed by atoms with Gasteiger partial charge in [0.05, 0.1) is 12.4 Å². The highest BCUT2D eigenvalue weighted by Gasteiger charge is 2.11. The van der Waals surface area contributed by atoms with Crippen molar-refractivity contribution in [1.29, 1.82) is 0 Å². The molecule has 3 N–H and O–H groups in total. The molecule has 0 unspecified atom stereocenters. The minimum atomic E-state index is -0.363. The molecule has 0 aliphatic carbocycles. The van der Waals surface area contributed by atoms with Crippen molar-refractivity contribution in [1.82, 2.24) is 5.32 Å². The Labute approximate surface area is 179 Å². The normalized spacial score (nSPS) is 10.4. The van der Waals surface area contributed by atoms with Gasteiger partial charge in [-0.05, 0) is 80.7 Å². The largest absolute Gasteiger partial charge is 0.491 e. The van der Waals surface area contributed by atoms with Crippen molar-refractivity contribution < 1.29 is 18.7 Å². The van der Waals surface area contributed by atoms with Crippen molar-refractivity contribution in [2.24, 2.45) is 0 Å². The van der Waals surface area contributed by atoms with Crippen molar-refractivity contribution in [3.63, 3.8) is 0 Å². The Balaban J connectivity index is 1.56. The summed E-state index contributed by atoms with van der Waals surface area (Å²) in [6, 6.07) is 16.9. The number of anilines is 2. The zero-order chi connectivity index (χ0) is 21.5. The molecule has 0 fully saturated rings. The summed E-state index contributed by atoms with van der Waals surface area (Å²) in [5, 5.41) is 8.42. The third-order valence-electron chi connectivity index (χ3n) is 3.84. The fourth-order valence-corrected chi connectivity index (χ4v) is 2.78. The average molecular weight is 423 g/mol. The van der Waals surface area contributed by atoms with Gasteiger partial charge in [0, 0.05) is 16.9 Å². The van der Waals surface area contributed by atoms with Crippen LogP contribution in [0.3, 0.4) is 0 Å². The van der Waals surface area contributed by atoms with E-state index in [1.165, 1.54) is 6.26 Å². The molecule has 0 spiro atoms. The number of benzene rings is 2. The quantitative estimate of drug-likeness (QED) is 0.508. The molecule has 0 saturated heterocycles. The maximum Gasteiger partial charge on any atom is 0.291 e. The van der Waals surface area contributed by atoms with Crippen LogP contribution in [0.1, 0.15) is 34.8 Å². The van der Waals surface area contributed by atoms with Gasteiger partial charge in [-0.3, -0.25) is 14.9 Å². The fraction of sp³-hybridized carbons (Fsp3) is 0.136. The lowest BCUT2D eigenvalue weighted by atomic mass is 10.2. The minimum Gasteiger partial charge on any atom is -0.491 e. The molecular weight excluding hydrogens is 402 g/mol. The van der Waals surface area contributed by atoms with E-state index in [4.69, 9.17) is 21.4 Å². The second-order valence-corrected chi connectivity index (χ2v) is 7.02. The van der Waals surface area contributed by atoms with Gasteiger partial charge in [0.1, 0.15) is 5.75 Å². The highest BCUT2D eigenvalue weighted by molar-refractivity contribution is 7.80. The van der Waals surface area contributed by atoms with Crippen molar-refractivity contribution in [2.75, 3.05) is 10.6 Å². The molecule has 30 heavy (non-hydrogen) atoms. The summed E-state index contributed by atoms with van der Waals surface area (Å²) >= 11 is 5.22. The molecule has 2 aromatic carbocycles. The molecule has 3 rings (SSSR count). The second kappa shape index (κ2) is 9.71. The van der Waals surface area contributed by atoms with Crippen molar-refractivity contribution >= 4 is 40.5 Å². The lowest BCUT2D eigenvalue weighted by Crippen LogP contribution is -2.34. The number of nitrogens with one attached hydrogen (secondary N) is 3. The number of thiocarbonyl (C=S) groups is 1. The van der Waals surface area contributed by atoms with Crippen LogP contribution in [0.25, 0.3) is 0 Å². The topological polar surface area (TPSA) is 92.6 Å². The van der Waals surface area contributed by atoms with Gasteiger partial charge in [-0.1, -0.05) is 6.07 Å². The van der Waals surface area contributed by atoms with E-state index in [1.54, 1.807) is 60.7 Å². The summed E-state index contributed by atoms with van der Waals surface area (Å²) in [5.74, 6) is 0.195. The Kier molecular flexibility index (Phi) is 6.82. The third-order valence-corrected chi connectivity index (χ3v) is 4.04. The maximum atomic E-state index is 12.4. The summed E-state index contributed by atoms with van der Waals surface area (Å²) in [6.45, 7) is 3.87. The van der Waals surface area contributed by atoms with Crippen LogP contribution in [0.4, 0.5) is 11.4 Å². The van der Waals surface area contributed by atoms with E-state index in [-0.39, 0.29) is 28.8 Å². The van der Waals surface area contributed by atoms with Gasteiger partial charge in [0.2, 0.25) is 0 Å². The first kappa shape index (κ1) is 21.1. The number of carbonyl (C=O) groups excluding carboxylic acids is 2. The summed E-state index contributed by atoms with van der Waals surface area (Å²) in [7, 11) is 0. The lowest BCUT2D eigenvalue weighted by Gasteiger charge is -2.12. The number of hydrogen-bond acceptors (Lipinski definition) is 5. The Bertz CT molecular complexity index is 1030. The first-order valence-electron chi connectivity index (χ1n) is 9.24. The SMILES string of the molecule is CC(C)Oc1ccc(C(=O)NC(=S)Nc2cccc(NC(=O)c3ccco3)c2)cc1. The smallest absolute Gasteiger partial charge is 0.291 e. The molecule has 3 aromatic rings. The van der Waals surface area contributed by atoms with E-state index in [0.717, 1.165) is 0 Å². The average Bonchev–Trinajstić information content (AvgIpc) is 3.23. The molecule has 1 aromatic heterocycles. The number of amides is 2. The fourth-order valence-electron chi connectivity index (χ4n) is 2.57. The molecule has 0 radical (unpaired) electrons. The monoisotopic (exact) mass is 423 g/mol. The number of rotatable bonds is 6. The molecule has 0 aliphatic heterocycles. The third kappa shape index (κ3) is 5.92. The van der Waals surface area contributed by atoms with Crippen LogP contribution in [0.5, 0.6) is 5.75 Å². The lowest BCUT2D eigenvalue weighted by molar-refractivity contribution is 0.0975. The zero-order valence-corrected chi connectivity index (χ0v) is 17.3. The van der Waals surface area contributed by atoms with Gasteiger partial charge in [0.15, 0.2) is 10.9 Å². The van der Waals surface area contributed by atoms with Crippen LogP contribution in [-0.2, 0) is 0 Å². The maximum absolute atomic E-state index is 12.4. The molecule has 0 atom stereocenters. The Hall–Kier alpha value is -3.65. The molecule has 154 valence electrons. The van der Waals surface area contributed by atoms with E-state index in [9.17, 15) is 9.59 Å². The Morgan fingerprint density at radius 2 is 1.63 bits per heavy atom. The summed E-state index contributed by atoms with van der Waals surface area (Å²) in [5.41, 5.74) is 1.62. The second-order valence-electron chi connectivity index (χ2n) is 6.61. The van der Waals surface area contributed by atoms with E-state index in [1.807, 2.05) is 13.8 Å². The first-order chi connectivity index (χ1) is 14.4. The Morgan fingerprint density at radius 3 is 2.27 bits per heavy atom. The van der Waals surface area contributed by atoms with Gasteiger partial charge in [-0.25, -0.2) is 0 Å². The highest BCUT2D eigenvalue weighted by atomic mass is 32.1. The van der Waals surface area contributed by atoms with Crippen LogP contribution in [0.15, 0.2) is 71.3 Å². The van der Waals surface area contributed by atoms with E-state index >= 15 is 0 Å². The molecule has 8 heteroatoms. The molecule has 0 bridgehead atoms. The van der Waals surface area contributed by atoms with E-state index < -0.39 is 0 Å². The molecule has 0 saturated carbocycles. The molecule has 1 heterocycles. The number of furan rings is 1. The van der Waals surface area contributed by atoms with Gasteiger partial charge in [0.25, 0.3) is 11.8 Å². The van der Waals surface area contributed by atoms with Gasteiger partial charge < -0.3 is 19.8 Å². The molecular formula is C22H21N3O4S. The molecule has 2 amide bonds. The van der Waals surface area contributed by atoms with Crippen molar-refractivity contribution in [3.8, 4) is 5.75 Å². The van der Waals surface area contributed by atoms with E-state index in [0.29, 0.717) is 22.7 Å². The van der Waals surface area contributed by atoms with Gasteiger partial charge in [-0.2, -0.15) is 0 Å². The Morgan fingerprint density at radius 1 is 0.933 bits per heavy atom. The highest BCUT2D eigenvalue weighted by Crippen LogP contribution is 2.17. The number of carbonyl (C=O) groups is 2. The van der Waals surface area contributed by atoms with Crippen LogP contribution in [0, 0.1) is 0 Å². The van der Waals surface area contributed by atoms with Crippen LogP contribution in [-0.4, -0.2) is 23.0 Å². The molecule has 7 nitrogen and oxygen atoms in total. The van der Waals surface area contributed by atoms with Crippen molar-refractivity contribution in [2.45, 2.75) is 20.0 Å². The van der Waals surface area contributed by atoms with Gasteiger partial charge in [-0.15, -0.1) is 0 Å². The first-order valence-corrected chi connectivity index (χ1v) is 9.65. The molecule has 0 aliphatic rings. The van der Waals surface area contributed by atoms with Crippen molar-refractivity contribution in [3.05, 3.63) is 78.3 Å². The number of hydrogen-bond donors (Lipinski definition) is 3. The van der Waals surface area contributed by atoms with Crippen LogP contribution >= 0.6 is 12.2 Å².